The highest BCUT2D eigenvalue weighted by Crippen LogP contribution is 2.57. The molecule has 2 aromatic rings. The zero-order valence-corrected chi connectivity index (χ0v) is 34.3. The molecule has 0 bridgehead atoms. The Labute approximate surface area is 345 Å². The summed E-state index contributed by atoms with van der Waals surface area (Å²) in [6, 6.07) is 3.45. The molecule has 18 heteroatoms. The molecule has 1 unspecified atom stereocenters. The first-order valence-electron chi connectivity index (χ1n) is 19.9. The zero-order chi connectivity index (χ0) is 43.7. The van der Waals surface area contributed by atoms with Gasteiger partial charge in [-0.05, 0) is 47.4 Å². The third-order valence-corrected chi connectivity index (χ3v) is 12.4. The number of ketones is 3. The number of hydrogen-bond donors (Lipinski definition) is 6. The number of carbonyl (C=O) groups is 4. The van der Waals surface area contributed by atoms with Crippen LogP contribution in [0.25, 0.3) is 0 Å². The van der Waals surface area contributed by atoms with Crippen molar-refractivity contribution in [3.05, 3.63) is 63.4 Å². The maximum Gasteiger partial charge on any atom is 0.316 e. The number of nitrogens with two attached hydrogens (primary N) is 1. The summed E-state index contributed by atoms with van der Waals surface area (Å²) < 4.78 is 42.2. The molecule has 0 saturated carbocycles. The minimum atomic E-state index is -1.94. The molecule has 0 radical (unpaired) electrons. The number of aliphatic hydroxyl groups is 2. The van der Waals surface area contributed by atoms with Gasteiger partial charge in [0.05, 0.1) is 59.5 Å². The Morgan fingerprint density at radius 1 is 0.883 bits per heavy atom. The smallest absolute Gasteiger partial charge is 0.316 e. The quantitative estimate of drug-likeness (QED) is 0.133. The Kier molecular flexibility index (Phi) is 11.9. The lowest BCUT2D eigenvalue weighted by molar-refractivity contribution is -0.321. The normalized spacial score (nSPS) is 35.4. The molecule has 3 heterocycles. The molecule has 7 N–H and O–H groups in total. The van der Waals surface area contributed by atoms with Crippen LogP contribution in [0, 0.1) is 0 Å². The van der Waals surface area contributed by atoms with Crippen LogP contribution in [-0.2, 0) is 42.7 Å². The number of likely N-dealkylation sites (N-methyl/N-ethyl adjacent to an activating group) is 1. The molecule has 2 aliphatic carbocycles. The second-order valence-electron chi connectivity index (χ2n) is 16.3. The van der Waals surface area contributed by atoms with Crippen molar-refractivity contribution in [3.63, 3.8) is 0 Å². The van der Waals surface area contributed by atoms with Gasteiger partial charge in [0.25, 0.3) is 0 Å². The molecule has 2 saturated heterocycles. The molecule has 326 valence electrons. The number of esters is 1. The predicted octanol–water partition coefficient (Wildman–Crippen LogP) is 1.93. The molecule has 5 aliphatic rings. The van der Waals surface area contributed by atoms with E-state index in [2.05, 4.69) is 0 Å². The van der Waals surface area contributed by atoms with Gasteiger partial charge in [-0.2, -0.15) is 0 Å². The summed E-state index contributed by atoms with van der Waals surface area (Å²) in [6.45, 7) is 6.64. The van der Waals surface area contributed by atoms with Crippen molar-refractivity contribution >= 4 is 23.3 Å². The molecule has 13 atom stereocenters. The van der Waals surface area contributed by atoms with Crippen molar-refractivity contribution in [1.82, 2.24) is 4.90 Å². The number of phenolic OH excluding ortho intramolecular Hbond substituents is 3. The standard InChI is InChI=1S/C42H52N2O16/c1-8-42(53)15-25(29-30(33(42)40(52)54-7)37(51)31-32(36(29)50)35(49)28-19(34(31)48)10-9-11-22(28)45)58-26-13-21(44(5)6)38(17(3)55-26)59-27-14-24(47)39(18(4)56-27)60-41-20(43)12-23(46)16(2)57-41/h9-12,16-18,21,24-27,33,38-39,41,45,47,50-51,53H,8,13-15,43H2,1-7H3/t16-,17-,18-,21-,24-,25-,26-,27-,33?,38+,39+,41-,42+/m0/s1. The molecule has 2 fully saturated rings. The number of aliphatic hydroxyl groups excluding tert-OH is 1. The third-order valence-electron chi connectivity index (χ3n) is 12.4. The second-order valence-corrected chi connectivity index (χ2v) is 16.3. The van der Waals surface area contributed by atoms with Crippen molar-refractivity contribution < 1.29 is 77.9 Å². The maximum atomic E-state index is 14.0. The van der Waals surface area contributed by atoms with Crippen molar-refractivity contribution in [3.8, 4) is 17.2 Å². The minimum absolute atomic E-state index is 0.00944. The SMILES string of the molecule is CC[C@@]1(O)C[C@H](O[C@H]2C[C@H](N(C)C)[C@H](O[C@H]3C[C@H](O)[C@H](O[C@@H]4O[C@@H](C)C(=O)C=C4N)[C@H](C)O3)[C@H](C)O2)c2c(O)c3c(c(O)c2C1C(=O)OC)C(=O)c1cccc(O)c1C3=O. The van der Waals surface area contributed by atoms with Gasteiger partial charge in [-0.25, -0.2) is 0 Å². The number of rotatable bonds is 9. The molecule has 0 spiro atoms. The van der Waals surface area contributed by atoms with Crippen molar-refractivity contribution in [2.24, 2.45) is 5.73 Å². The van der Waals surface area contributed by atoms with E-state index >= 15 is 0 Å². The van der Waals surface area contributed by atoms with E-state index in [0.717, 1.165) is 7.11 Å². The number of carbonyl (C=O) groups excluding carboxylic acids is 4. The second kappa shape index (κ2) is 16.4. The summed E-state index contributed by atoms with van der Waals surface area (Å²) in [5.74, 6) is -6.79. The van der Waals surface area contributed by atoms with Crippen LogP contribution >= 0.6 is 0 Å². The van der Waals surface area contributed by atoms with Crippen LogP contribution in [0.5, 0.6) is 17.2 Å². The molecular weight excluding hydrogens is 788 g/mol. The molecule has 60 heavy (non-hydrogen) atoms. The van der Waals surface area contributed by atoms with E-state index in [1.54, 1.807) is 27.7 Å². The number of benzene rings is 2. The molecule has 2 aromatic carbocycles. The molecule has 0 amide bonds. The molecular formula is C42H52N2O16. The van der Waals surface area contributed by atoms with Gasteiger partial charge in [-0.1, -0.05) is 19.1 Å². The van der Waals surface area contributed by atoms with Crippen molar-refractivity contribution in [2.45, 2.75) is 133 Å². The van der Waals surface area contributed by atoms with Gasteiger partial charge in [0.15, 0.2) is 30.4 Å². The number of methoxy groups -OCH3 is 1. The lowest BCUT2D eigenvalue weighted by Gasteiger charge is -2.48. The van der Waals surface area contributed by atoms with Gasteiger partial charge in [-0.3, -0.25) is 19.2 Å². The molecule has 3 aliphatic heterocycles. The number of fused-ring (bicyclic) bond motifs is 3. The van der Waals surface area contributed by atoms with Gasteiger partial charge in [0.2, 0.25) is 5.78 Å². The first-order valence-corrected chi connectivity index (χ1v) is 19.9. The Morgan fingerprint density at radius 3 is 2.15 bits per heavy atom. The lowest BCUT2D eigenvalue weighted by Crippen LogP contribution is -2.58. The third kappa shape index (κ3) is 7.36. The lowest BCUT2D eigenvalue weighted by atomic mass is 9.66. The van der Waals surface area contributed by atoms with E-state index in [9.17, 15) is 44.7 Å². The van der Waals surface area contributed by atoms with Gasteiger partial charge >= 0.3 is 5.97 Å². The van der Waals surface area contributed by atoms with Crippen LogP contribution in [-0.4, -0.2) is 142 Å². The summed E-state index contributed by atoms with van der Waals surface area (Å²) in [6.07, 6.45) is -8.04. The number of nitrogens with zero attached hydrogens (tertiary/aromatic N) is 1. The summed E-state index contributed by atoms with van der Waals surface area (Å²) in [4.78, 5) is 55.2. The van der Waals surface area contributed by atoms with Crippen LogP contribution in [0.4, 0.5) is 0 Å². The fourth-order valence-electron chi connectivity index (χ4n) is 9.19. The number of ether oxygens (including phenoxy) is 7. The summed E-state index contributed by atoms with van der Waals surface area (Å²) in [7, 11) is 4.75. The number of hydrogen-bond acceptors (Lipinski definition) is 18. The van der Waals surface area contributed by atoms with Gasteiger partial charge in [0, 0.05) is 48.1 Å². The average molecular weight is 841 g/mol. The van der Waals surface area contributed by atoms with Gasteiger partial charge in [-0.15, -0.1) is 0 Å². The maximum absolute atomic E-state index is 14.0. The average Bonchev–Trinajstić information content (AvgIpc) is 3.18. The topological polar surface area (TPSA) is 263 Å². The van der Waals surface area contributed by atoms with Crippen LogP contribution in [0.15, 0.2) is 30.0 Å². The van der Waals surface area contributed by atoms with E-state index in [1.807, 2.05) is 19.0 Å². The molecule has 0 aromatic heterocycles. The minimum Gasteiger partial charge on any atom is -0.507 e. The number of aromatic hydroxyl groups is 3. The summed E-state index contributed by atoms with van der Waals surface area (Å²) in [5.41, 5.74) is 1.81. The van der Waals surface area contributed by atoms with Crippen molar-refractivity contribution in [1.29, 1.82) is 0 Å². The van der Waals surface area contributed by atoms with E-state index in [4.69, 9.17) is 38.9 Å². The summed E-state index contributed by atoms with van der Waals surface area (Å²) in [5, 5.41) is 57.9. The molecule has 18 nitrogen and oxygen atoms in total. The van der Waals surface area contributed by atoms with Crippen LogP contribution in [0.2, 0.25) is 0 Å². The Bertz CT molecular complexity index is 2090. The van der Waals surface area contributed by atoms with E-state index < -0.39 is 125 Å². The van der Waals surface area contributed by atoms with Crippen LogP contribution in [0.3, 0.4) is 0 Å². The molecule has 7 rings (SSSR count). The largest absolute Gasteiger partial charge is 0.507 e. The Morgan fingerprint density at radius 2 is 1.52 bits per heavy atom. The first-order chi connectivity index (χ1) is 28.3. The Balaban J connectivity index is 1.16. The highest BCUT2D eigenvalue weighted by Gasteiger charge is 2.55. The fourth-order valence-corrected chi connectivity index (χ4v) is 9.19. The highest BCUT2D eigenvalue weighted by molar-refractivity contribution is 6.31. The van der Waals surface area contributed by atoms with Crippen LogP contribution in [0.1, 0.15) is 108 Å². The summed E-state index contributed by atoms with van der Waals surface area (Å²) >= 11 is 0. The van der Waals surface area contributed by atoms with Gasteiger partial charge < -0.3 is 69.3 Å². The number of phenols is 3. The fraction of sp³-hybridized carbons (Fsp3) is 0.571. The predicted molar refractivity (Wildman–Crippen MR) is 206 cm³/mol. The van der Waals surface area contributed by atoms with Crippen LogP contribution < -0.4 is 5.73 Å². The highest BCUT2D eigenvalue weighted by atomic mass is 16.7. The monoisotopic (exact) mass is 840 g/mol. The van der Waals surface area contributed by atoms with E-state index in [-0.39, 0.29) is 59.4 Å². The first kappa shape index (κ1) is 43.6. The van der Waals surface area contributed by atoms with Crippen molar-refractivity contribution in [2.75, 3.05) is 21.2 Å². The van der Waals surface area contributed by atoms with E-state index in [0.29, 0.717) is 0 Å². The zero-order valence-electron chi connectivity index (χ0n) is 34.3. The van der Waals surface area contributed by atoms with E-state index in [1.165, 1.54) is 24.3 Å². The van der Waals surface area contributed by atoms with Gasteiger partial charge in [0.1, 0.15) is 41.5 Å². The Hall–Kier alpha value is -4.50.